The first kappa shape index (κ1) is 8.10. The molecule has 3 heteroatoms. The van der Waals surface area contributed by atoms with Gasteiger partial charge < -0.3 is 10.0 Å². The van der Waals surface area contributed by atoms with Crippen molar-refractivity contribution in [3.05, 3.63) is 29.3 Å². The zero-order valence-electron chi connectivity index (χ0n) is 7.45. The summed E-state index contributed by atoms with van der Waals surface area (Å²) in [5.41, 5.74) is 2.07. The minimum atomic E-state index is 0.109. The zero-order chi connectivity index (χ0) is 9.42. The number of amides is 1. The molecule has 0 bridgehead atoms. The number of likely N-dealkylation sites (N-methyl/N-ethyl adjacent to an activating group) is 1. The van der Waals surface area contributed by atoms with Gasteiger partial charge in [0.15, 0.2) is 0 Å². The monoisotopic (exact) mass is 177 g/mol. The third-order valence-corrected chi connectivity index (χ3v) is 2.36. The number of carbonyl (C=O) groups excluding carboxylic acids is 1. The molecular formula is C10H11NO2. The van der Waals surface area contributed by atoms with E-state index in [1.54, 1.807) is 24.1 Å². The van der Waals surface area contributed by atoms with Crippen molar-refractivity contribution >= 4 is 5.91 Å². The van der Waals surface area contributed by atoms with Crippen LogP contribution in [-0.2, 0) is 17.8 Å². The zero-order valence-corrected chi connectivity index (χ0v) is 7.45. The van der Waals surface area contributed by atoms with Gasteiger partial charge >= 0.3 is 0 Å². The molecule has 1 heterocycles. The fourth-order valence-corrected chi connectivity index (χ4v) is 1.57. The van der Waals surface area contributed by atoms with E-state index in [-0.39, 0.29) is 11.7 Å². The van der Waals surface area contributed by atoms with Gasteiger partial charge in [0.1, 0.15) is 5.75 Å². The molecule has 0 fully saturated rings. The van der Waals surface area contributed by atoms with E-state index in [9.17, 15) is 9.90 Å². The second kappa shape index (κ2) is 2.76. The molecule has 1 aromatic rings. The third kappa shape index (κ3) is 1.37. The fraction of sp³-hybridized carbons (Fsp3) is 0.300. The summed E-state index contributed by atoms with van der Waals surface area (Å²) < 4.78 is 0. The quantitative estimate of drug-likeness (QED) is 0.639. The fourth-order valence-electron chi connectivity index (χ4n) is 1.57. The lowest BCUT2D eigenvalue weighted by Gasteiger charge is -2.24. The second-order valence-corrected chi connectivity index (χ2v) is 3.38. The highest BCUT2D eigenvalue weighted by Gasteiger charge is 2.19. The maximum Gasteiger partial charge on any atom is 0.227 e. The Hall–Kier alpha value is -1.51. The van der Waals surface area contributed by atoms with Crippen LogP contribution < -0.4 is 0 Å². The van der Waals surface area contributed by atoms with Gasteiger partial charge in [0.2, 0.25) is 5.91 Å². The van der Waals surface area contributed by atoms with Crippen LogP contribution in [0.1, 0.15) is 11.1 Å². The normalized spacial score (nSPS) is 15.8. The number of phenols is 1. The highest BCUT2D eigenvalue weighted by molar-refractivity contribution is 5.80. The molecule has 0 saturated heterocycles. The molecule has 0 unspecified atom stereocenters. The van der Waals surface area contributed by atoms with Crippen molar-refractivity contribution in [1.82, 2.24) is 4.90 Å². The molecule has 2 rings (SSSR count). The van der Waals surface area contributed by atoms with Gasteiger partial charge in [0.25, 0.3) is 0 Å². The number of carbonyl (C=O) groups is 1. The number of phenolic OH excluding ortho intramolecular Hbond substituents is 1. The van der Waals surface area contributed by atoms with Crippen LogP contribution in [0.25, 0.3) is 0 Å². The predicted octanol–water partition coefficient (Wildman–Crippen LogP) is 0.907. The maximum absolute atomic E-state index is 11.3. The molecule has 1 aliphatic heterocycles. The van der Waals surface area contributed by atoms with Crippen molar-refractivity contribution in [2.75, 3.05) is 7.05 Å². The lowest BCUT2D eigenvalue weighted by Crippen LogP contribution is -2.32. The molecule has 1 amide bonds. The Labute approximate surface area is 76.6 Å². The predicted molar refractivity (Wildman–Crippen MR) is 48.3 cm³/mol. The van der Waals surface area contributed by atoms with Gasteiger partial charge in [-0.05, 0) is 23.3 Å². The first-order chi connectivity index (χ1) is 6.16. The summed E-state index contributed by atoms with van der Waals surface area (Å²) in [5.74, 6) is 0.342. The molecule has 0 spiro atoms. The van der Waals surface area contributed by atoms with Crippen LogP contribution in [0.3, 0.4) is 0 Å². The summed E-state index contributed by atoms with van der Waals surface area (Å²) in [7, 11) is 1.79. The molecular weight excluding hydrogens is 166 g/mol. The molecule has 13 heavy (non-hydrogen) atoms. The van der Waals surface area contributed by atoms with Crippen LogP contribution in [0.4, 0.5) is 0 Å². The SMILES string of the molecule is CN1Cc2ccc(O)cc2CC1=O. The van der Waals surface area contributed by atoms with Crippen LogP contribution in [0.2, 0.25) is 0 Å². The minimum Gasteiger partial charge on any atom is -0.508 e. The molecule has 3 nitrogen and oxygen atoms in total. The molecule has 0 atom stereocenters. The Morgan fingerprint density at radius 1 is 1.38 bits per heavy atom. The Morgan fingerprint density at radius 2 is 2.15 bits per heavy atom. The van der Waals surface area contributed by atoms with E-state index in [1.165, 1.54) is 0 Å². The molecule has 68 valence electrons. The highest BCUT2D eigenvalue weighted by atomic mass is 16.3. The van der Waals surface area contributed by atoms with Crippen LogP contribution in [0.15, 0.2) is 18.2 Å². The standard InChI is InChI=1S/C10H11NO2/c1-11-6-7-2-3-9(12)4-8(7)5-10(11)13/h2-4,12H,5-6H2,1H3. The average molecular weight is 177 g/mol. The van der Waals surface area contributed by atoms with E-state index < -0.39 is 0 Å². The summed E-state index contributed by atoms with van der Waals surface area (Å²) in [6.07, 6.45) is 0.403. The first-order valence-corrected chi connectivity index (χ1v) is 4.21. The van der Waals surface area contributed by atoms with Gasteiger partial charge in [0.05, 0.1) is 6.42 Å². The van der Waals surface area contributed by atoms with Gasteiger partial charge in [-0.15, -0.1) is 0 Å². The summed E-state index contributed by atoms with van der Waals surface area (Å²) in [4.78, 5) is 13.0. The topological polar surface area (TPSA) is 40.5 Å². The maximum atomic E-state index is 11.3. The smallest absolute Gasteiger partial charge is 0.227 e. The number of fused-ring (bicyclic) bond motifs is 1. The van der Waals surface area contributed by atoms with Crippen molar-refractivity contribution in [3.8, 4) is 5.75 Å². The summed E-state index contributed by atoms with van der Waals surface area (Å²) in [6, 6.07) is 5.19. The molecule has 1 N–H and O–H groups in total. The van der Waals surface area contributed by atoms with Crippen LogP contribution in [-0.4, -0.2) is 23.0 Å². The molecule has 0 aromatic heterocycles. The van der Waals surface area contributed by atoms with Crippen LogP contribution in [0.5, 0.6) is 5.75 Å². The van der Waals surface area contributed by atoms with Crippen LogP contribution in [0, 0.1) is 0 Å². The number of hydrogen-bond donors (Lipinski definition) is 1. The molecule has 1 aromatic carbocycles. The summed E-state index contributed by atoms with van der Waals surface area (Å²) >= 11 is 0. The molecule has 0 saturated carbocycles. The number of hydrogen-bond acceptors (Lipinski definition) is 2. The first-order valence-electron chi connectivity index (χ1n) is 4.21. The Morgan fingerprint density at radius 3 is 2.92 bits per heavy atom. The van der Waals surface area contributed by atoms with E-state index in [4.69, 9.17) is 0 Å². The summed E-state index contributed by atoms with van der Waals surface area (Å²) in [6.45, 7) is 0.647. The Bertz CT molecular complexity index is 360. The van der Waals surface area contributed by atoms with E-state index in [2.05, 4.69) is 0 Å². The second-order valence-electron chi connectivity index (χ2n) is 3.38. The van der Waals surface area contributed by atoms with Gasteiger partial charge in [-0.25, -0.2) is 0 Å². The van der Waals surface area contributed by atoms with E-state index in [0.29, 0.717) is 13.0 Å². The van der Waals surface area contributed by atoms with E-state index in [0.717, 1.165) is 11.1 Å². The van der Waals surface area contributed by atoms with Crippen molar-refractivity contribution in [2.45, 2.75) is 13.0 Å². The van der Waals surface area contributed by atoms with Crippen LogP contribution >= 0.6 is 0 Å². The number of rotatable bonds is 0. The Balaban J connectivity index is 2.42. The van der Waals surface area contributed by atoms with E-state index >= 15 is 0 Å². The van der Waals surface area contributed by atoms with Crippen molar-refractivity contribution in [3.63, 3.8) is 0 Å². The van der Waals surface area contributed by atoms with Crippen molar-refractivity contribution in [2.24, 2.45) is 0 Å². The number of aromatic hydroxyl groups is 1. The van der Waals surface area contributed by atoms with Crippen molar-refractivity contribution in [1.29, 1.82) is 0 Å². The lowest BCUT2D eigenvalue weighted by atomic mass is 9.99. The van der Waals surface area contributed by atoms with E-state index in [1.807, 2.05) is 6.07 Å². The largest absolute Gasteiger partial charge is 0.508 e. The molecule has 0 radical (unpaired) electrons. The highest BCUT2D eigenvalue weighted by Crippen LogP contribution is 2.22. The molecule has 0 aliphatic carbocycles. The average Bonchev–Trinajstić information content (AvgIpc) is 2.08. The minimum absolute atomic E-state index is 0.109. The van der Waals surface area contributed by atoms with Gasteiger partial charge in [0, 0.05) is 13.6 Å². The van der Waals surface area contributed by atoms with Gasteiger partial charge in [-0.2, -0.15) is 0 Å². The third-order valence-electron chi connectivity index (χ3n) is 2.36. The van der Waals surface area contributed by atoms with Crippen molar-refractivity contribution < 1.29 is 9.90 Å². The molecule has 1 aliphatic rings. The van der Waals surface area contributed by atoms with Gasteiger partial charge in [-0.1, -0.05) is 6.07 Å². The summed E-state index contributed by atoms with van der Waals surface area (Å²) in [5, 5.41) is 9.22. The van der Waals surface area contributed by atoms with Gasteiger partial charge in [-0.3, -0.25) is 4.79 Å². The number of benzene rings is 1. The Kier molecular flexibility index (Phi) is 1.72. The lowest BCUT2D eigenvalue weighted by molar-refractivity contribution is -0.130. The number of nitrogens with zero attached hydrogens (tertiary/aromatic N) is 1.